The van der Waals surface area contributed by atoms with Gasteiger partial charge in [-0.25, -0.2) is 0 Å². The third kappa shape index (κ3) is 7.62. The van der Waals surface area contributed by atoms with Crippen molar-refractivity contribution in [1.29, 1.82) is 0 Å². The fourth-order valence-electron chi connectivity index (χ4n) is 5.29. The van der Waals surface area contributed by atoms with Crippen molar-refractivity contribution in [1.82, 2.24) is 5.32 Å². The molecule has 2 nitrogen and oxygen atoms in total. The Morgan fingerprint density at radius 2 is 1.74 bits per heavy atom. The number of hydrogen-bond donors (Lipinski definition) is 1. The summed E-state index contributed by atoms with van der Waals surface area (Å²) in [6.45, 7) is 8.26. The number of rotatable bonds is 6. The van der Waals surface area contributed by atoms with Gasteiger partial charge in [0.15, 0.2) is 0 Å². The summed E-state index contributed by atoms with van der Waals surface area (Å²) in [6, 6.07) is 5.75. The lowest BCUT2D eigenvalue weighted by atomic mass is 9.61. The van der Waals surface area contributed by atoms with E-state index in [2.05, 4.69) is 26.1 Å². The molecule has 0 bridgehead atoms. The SMILES string of the molecule is CC1CC(C(C)(C)Cc2cccc(C(F)(F)F)c2)C1.CNC1(CC(C)=O)CCCCC1. The summed E-state index contributed by atoms with van der Waals surface area (Å²) in [5.74, 6) is 1.72. The van der Waals surface area contributed by atoms with Crippen LogP contribution in [-0.4, -0.2) is 18.4 Å². The fraction of sp³-hybridized carbons (Fsp3) is 0.731. The lowest BCUT2D eigenvalue weighted by molar-refractivity contribution is -0.137. The number of Topliss-reactive ketones (excluding diaryl/α,β-unsaturated/α-hetero) is 1. The van der Waals surface area contributed by atoms with Gasteiger partial charge in [0.05, 0.1) is 5.56 Å². The molecule has 0 aromatic heterocycles. The van der Waals surface area contributed by atoms with E-state index in [1.807, 2.05) is 7.05 Å². The lowest BCUT2D eigenvalue weighted by Gasteiger charge is -2.44. The van der Waals surface area contributed by atoms with E-state index in [4.69, 9.17) is 0 Å². The fourth-order valence-corrected chi connectivity index (χ4v) is 5.29. The van der Waals surface area contributed by atoms with Crippen LogP contribution >= 0.6 is 0 Å². The first-order chi connectivity index (χ1) is 14.4. The predicted molar refractivity (Wildman–Crippen MR) is 121 cm³/mol. The first-order valence-corrected chi connectivity index (χ1v) is 11.7. The van der Waals surface area contributed by atoms with Crippen LogP contribution in [0.2, 0.25) is 0 Å². The van der Waals surface area contributed by atoms with Crippen molar-refractivity contribution in [3.05, 3.63) is 35.4 Å². The van der Waals surface area contributed by atoms with Gasteiger partial charge in [-0.1, -0.05) is 58.2 Å². The highest BCUT2D eigenvalue weighted by Gasteiger charge is 2.38. The first kappa shape index (κ1) is 25.9. The van der Waals surface area contributed by atoms with Crippen molar-refractivity contribution in [2.75, 3.05) is 7.05 Å². The molecule has 0 spiro atoms. The molecule has 2 fully saturated rings. The van der Waals surface area contributed by atoms with Crippen LogP contribution in [0.25, 0.3) is 0 Å². The maximum atomic E-state index is 12.7. The molecule has 0 aliphatic heterocycles. The zero-order chi connectivity index (χ0) is 23.3. The quantitative estimate of drug-likeness (QED) is 0.507. The molecule has 0 radical (unpaired) electrons. The Kier molecular flexibility index (Phi) is 8.77. The van der Waals surface area contributed by atoms with Gasteiger partial charge < -0.3 is 5.32 Å². The number of benzene rings is 1. The van der Waals surface area contributed by atoms with Crippen LogP contribution < -0.4 is 5.32 Å². The zero-order valence-corrected chi connectivity index (χ0v) is 19.9. The van der Waals surface area contributed by atoms with Crippen molar-refractivity contribution in [3.8, 4) is 0 Å². The molecule has 31 heavy (non-hydrogen) atoms. The average molecular weight is 440 g/mol. The Bertz CT molecular complexity index is 714. The highest BCUT2D eigenvalue weighted by molar-refractivity contribution is 5.76. The minimum Gasteiger partial charge on any atom is -0.314 e. The second-order valence-corrected chi connectivity index (χ2v) is 10.6. The van der Waals surface area contributed by atoms with Gasteiger partial charge in [-0.05, 0) is 75.0 Å². The van der Waals surface area contributed by atoms with E-state index in [-0.39, 0.29) is 11.0 Å². The molecule has 1 aromatic carbocycles. The molecular formula is C26H40F3NO. The number of halogens is 3. The molecule has 176 valence electrons. The molecule has 0 unspecified atom stereocenters. The summed E-state index contributed by atoms with van der Waals surface area (Å²) in [7, 11) is 1.98. The van der Waals surface area contributed by atoms with Gasteiger partial charge in [0, 0.05) is 12.0 Å². The summed E-state index contributed by atoms with van der Waals surface area (Å²) >= 11 is 0. The summed E-state index contributed by atoms with van der Waals surface area (Å²) in [4.78, 5) is 11.0. The van der Waals surface area contributed by atoms with Crippen molar-refractivity contribution in [2.24, 2.45) is 17.3 Å². The molecule has 5 heteroatoms. The van der Waals surface area contributed by atoms with Gasteiger partial charge in [0.1, 0.15) is 5.78 Å². The van der Waals surface area contributed by atoms with Crippen LogP contribution in [0.3, 0.4) is 0 Å². The normalized spacial score (nSPS) is 23.4. The Morgan fingerprint density at radius 3 is 2.23 bits per heavy atom. The molecule has 1 aromatic rings. The van der Waals surface area contributed by atoms with Crippen LogP contribution in [0.5, 0.6) is 0 Å². The molecule has 3 rings (SSSR count). The van der Waals surface area contributed by atoms with E-state index in [9.17, 15) is 18.0 Å². The summed E-state index contributed by atoms with van der Waals surface area (Å²) in [6.07, 6.45) is 5.80. The summed E-state index contributed by atoms with van der Waals surface area (Å²) in [5, 5.41) is 3.33. The Morgan fingerprint density at radius 1 is 1.13 bits per heavy atom. The second kappa shape index (κ2) is 10.5. The van der Waals surface area contributed by atoms with E-state index in [1.165, 1.54) is 57.1 Å². The monoisotopic (exact) mass is 439 g/mol. The van der Waals surface area contributed by atoms with Crippen LogP contribution in [0.1, 0.15) is 90.2 Å². The third-order valence-electron chi connectivity index (χ3n) is 7.32. The topological polar surface area (TPSA) is 29.1 Å². The minimum absolute atomic E-state index is 0.0801. The number of carbonyl (C=O) groups excluding carboxylic acids is 1. The van der Waals surface area contributed by atoms with Crippen LogP contribution in [-0.2, 0) is 17.4 Å². The predicted octanol–water partition coefficient (Wildman–Crippen LogP) is 7.21. The largest absolute Gasteiger partial charge is 0.416 e. The third-order valence-corrected chi connectivity index (χ3v) is 7.32. The van der Waals surface area contributed by atoms with Crippen LogP contribution in [0, 0.1) is 17.3 Å². The summed E-state index contributed by atoms with van der Waals surface area (Å²) < 4.78 is 38.1. The van der Waals surface area contributed by atoms with E-state index in [1.54, 1.807) is 13.0 Å². The molecule has 0 amide bonds. The summed E-state index contributed by atoms with van der Waals surface area (Å²) in [5.41, 5.74) is 0.475. The van der Waals surface area contributed by atoms with E-state index in [0.29, 0.717) is 24.5 Å². The molecule has 0 atom stereocenters. The van der Waals surface area contributed by atoms with Crippen LogP contribution in [0.15, 0.2) is 24.3 Å². The Balaban J connectivity index is 0.000000245. The van der Waals surface area contributed by atoms with Gasteiger partial charge in [-0.15, -0.1) is 0 Å². The van der Waals surface area contributed by atoms with Gasteiger partial charge in [0.25, 0.3) is 0 Å². The minimum atomic E-state index is -4.24. The molecule has 2 saturated carbocycles. The Labute approximate surface area is 186 Å². The van der Waals surface area contributed by atoms with E-state index < -0.39 is 11.7 Å². The molecule has 0 heterocycles. The second-order valence-electron chi connectivity index (χ2n) is 10.6. The van der Waals surface area contributed by atoms with Gasteiger partial charge >= 0.3 is 6.18 Å². The average Bonchev–Trinajstić information content (AvgIpc) is 2.65. The lowest BCUT2D eigenvalue weighted by Crippen LogP contribution is -2.45. The van der Waals surface area contributed by atoms with Gasteiger partial charge in [-0.3, -0.25) is 4.79 Å². The number of hydrogen-bond acceptors (Lipinski definition) is 2. The maximum absolute atomic E-state index is 12.7. The van der Waals surface area contributed by atoms with Crippen molar-refractivity contribution in [2.45, 2.75) is 97.2 Å². The molecular weight excluding hydrogens is 399 g/mol. The number of ketones is 1. The highest BCUT2D eigenvalue weighted by atomic mass is 19.4. The van der Waals surface area contributed by atoms with Crippen molar-refractivity contribution < 1.29 is 18.0 Å². The number of alkyl halides is 3. The van der Waals surface area contributed by atoms with Crippen LogP contribution in [0.4, 0.5) is 13.2 Å². The van der Waals surface area contributed by atoms with Gasteiger partial charge in [0.2, 0.25) is 0 Å². The van der Waals surface area contributed by atoms with Crippen molar-refractivity contribution in [3.63, 3.8) is 0 Å². The number of carbonyl (C=O) groups is 1. The standard InChI is InChI=1S/C16H21F3.C10H19NO/c1-11-7-14(8-11)15(2,3)10-12-5-4-6-13(9-12)16(17,18)19;1-9(12)8-10(11-2)6-4-3-5-7-10/h4-6,9,11,14H,7-8,10H2,1-3H3;11H,3-8H2,1-2H3. The molecule has 1 N–H and O–H groups in total. The van der Waals surface area contributed by atoms with E-state index >= 15 is 0 Å². The smallest absolute Gasteiger partial charge is 0.314 e. The molecule has 2 aliphatic carbocycles. The van der Waals surface area contributed by atoms with E-state index in [0.717, 1.165) is 17.5 Å². The molecule has 0 saturated heterocycles. The molecule has 2 aliphatic rings. The zero-order valence-electron chi connectivity index (χ0n) is 19.9. The highest BCUT2D eigenvalue weighted by Crippen LogP contribution is 2.47. The van der Waals surface area contributed by atoms with Gasteiger partial charge in [-0.2, -0.15) is 13.2 Å². The maximum Gasteiger partial charge on any atom is 0.416 e. The van der Waals surface area contributed by atoms with Crippen molar-refractivity contribution >= 4 is 5.78 Å². The Hall–Kier alpha value is -1.36. The first-order valence-electron chi connectivity index (χ1n) is 11.7. The number of nitrogens with one attached hydrogen (secondary N) is 1.